The Kier molecular flexibility index (Phi) is 7.88. The normalized spacial score (nSPS) is 14.6. The summed E-state index contributed by atoms with van der Waals surface area (Å²) in [6.45, 7) is 9.40. The molecule has 6 heteroatoms. The Morgan fingerprint density at radius 3 is 2.48 bits per heavy atom. The number of nitrogens with one attached hydrogen (secondary N) is 1. The van der Waals surface area contributed by atoms with Gasteiger partial charge in [0.25, 0.3) is 5.91 Å². The fraction of sp³-hybridized carbons (Fsp3) is 0.353. The van der Waals surface area contributed by atoms with Gasteiger partial charge in [0, 0.05) is 13.1 Å². The molecule has 0 spiro atoms. The van der Waals surface area contributed by atoms with Crippen LogP contribution >= 0.6 is 0 Å². The minimum atomic E-state index is -1.44. The highest BCUT2D eigenvalue weighted by molar-refractivity contribution is 7.83. The molecule has 0 heterocycles. The fourth-order valence-electron chi connectivity index (χ4n) is 2.05. The number of hydrogen-bond acceptors (Lipinski definition) is 3. The zero-order valence-electron chi connectivity index (χ0n) is 13.8. The highest BCUT2D eigenvalue weighted by atomic mass is 32.2. The van der Waals surface area contributed by atoms with E-state index in [2.05, 4.69) is 17.9 Å². The molecular weight excluding hydrogens is 312 g/mol. The van der Waals surface area contributed by atoms with Crippen LogP contribution in [0.4, 0.5) is 0 Å². The van der Waals surface area contributed by atoms with Crippen LogP contribution in [-0.2, 0) is 20.6 Å². The summed E-state index contributed by atoms with van der Waals surface area (Å²) in [7, 11) is 1.51. The van der Waals surface area contributed by atoms with E-state index in [-0.39, 0.29) is 5.91 Å². The van der Waals surface area contributed by atoms with Crippen molar-refractivity contribution >= 4 is 16.9 Å². The molecule has 3 atom stereocenters. The van der Waals surface area contributed by atoms with Crippen LogP contribution in [0.25, 0.3) is 0 Å². The minimum Gasteiger partial charge on any atom is -0.275 e. The smallest absolute Gasteiger partial charge is 0.251 e. The lowest BCUT2D eigenvalue weighted by atomic mass is 9.96. The van der Waals surface area contributed by atoms with Gasteiger partial charge in [-0.05, 0) is 25.5 Å². The van der Waals surface area contributed by atoms with Crippen LogP contribution < -0.4 is 4.72 Å². The van der Waals surface area contributed by atoms with E-state index in [1.54, 1.807) is 24.3 Å². The van der Waals surface area contributed by atoms with Crippen LogP contribution in [0.1, 0.15) is 12.0 Å². The van der Waals surface area contributed by atoms with E-state index in [1.807, 2.05) is 19.1 Å². The number of rotatable bonds is 9. The quantitative estimate of drug-likeness (QED) is 0.556. The van der Waals surface area contributed by atoms with Gasteiger partial charge >= 0.3 is 0 Å². The molecule has 0 bridgehead atoms. The Bertz CT molecular complexity index is 572. The van der Waals surface area contributed by atoms with Crippen molar-refractivity contribution in [3.05, 3.63) is 55.1 Å². The van der Waals surface area contributed by atoms with E-state index in [1.165, 1.54) is 14.2 Å². The van der Waals surface area contributed by atoms with Crippen LogP contribution in [0, 0.1) is 12.8 Å². The average molecular weight is 336 g/mol. The summed E-state index contributed by atoms with van der Waals surface area (Å²) in [5, 5.41) is 1.15. The zero-order valence-corrected chi connectivity index (χ0v) is 14.6. The SMILES string of the molecule is C=CC[C@@H](C(=O)N(C)OC)[C@H](C=C)NS(=O)c1ccc(C)cc1. The van der Waals surface area contributed by atoms with Crippen LogP contribution in [0.3, 0.4) is 0 Å². The van der Waals surface area contributed by atoms with Crippen LogP contribution in [0.2, 0.25) is 0 Å². The van der Waals surface area contributed by atoms with E-state index in [0.29, 0.717) is 11.3 Å². The Morgan fingerprint density at radius 2 is 2.00 bits per heavy atom. The monoisotopic (exact) mass is 336 g/mol. The molecule has 0 saturated carbocycles. The van der Waals surface area contributed by atoms with E-state index in [4.69, 9.17) is 4.84 Å². The van der Waals surface area contributed by atoms with Gasteiger partial charge in [0.05, 0.1) is 17.9 Å². The average Bonchev–Trinajstić information content (AvgIpc) is 2.56. The lowest BCUT2D eigenvalue weighted by Crippen LogP contribution is -2.44. The molecule has 0 aliphatic rings. The number of nitrogens with zero attached hydrogens (tertiary/aromatic N) is 1. The number of amides is 1. The number of allylic oxidation sites excluding steroid dienone is 1. The maximum absolute atomic E-state index is 12.5. The molecule has 0 fully saturated rings. The maximum Gasteiger partial charge on any atom is 0.251 e. The van der Waals surface area contributed by atoms with E-state index < -0.39 is 22.9 Å². The van der Waals surface area contributed by atoms with Gasteiger partial charge in [-0.25, -0.2) is 14.0 Å². The Labute approximate surface area is 140 Å². The van der Waals surface area contributed by atoms with E-state index >= 15 is 0 Å². The minimum absolute atomic E-state index is 0.231. The molecule has 1 aromatic rings. The van der Waals surface area contributed by atoms with Gasteiger partial charge in [0.2, 0.25) is 0 Å². The first-order chi connectivity index (χ1) is 10.9. The third-order valence-electron chi connectivity index (χ3n) is 3.49. The van der Waals surface area contributed by atoms with Gasteiger partial charge in [-0.2, -0.15) is 0 Å². The number of aryl methyl sites for hydroxylation is 1. The second-order valence-electron chi connectivity index (χ2n) is 5.11. The van der Waals surface area contributed by atoms with Crippen molar-refractivity contribution in [2.24, 2.45) is 5.92 Å². The fourth-order valence-corrected chi connectivity index (χ4v) is 3.08. The molecule has 1 aromatic carbocycles. The number of hydroxylamine groups is 2. The summed E-state index contributed by atoms with van der Waals surface area (Å²) >= 11 is 0. The molecule has 126 valence electrons. The van der Waals surface area contributed by atoms with Crippen molar-refractivity contribution in [2.45, 2.75) is 24.3 Å². The van der Waals surface area contributed by atoms with Crippen molar-refractivity contribution < 1.29 is 13.8 Å². The standard InChI is InChI=1S/C17H24N2O3S/c1-6-8-15(17(20)19(4)22-5)16(7-2)18-23(21)14-11-9-13(3)10-12-14/h6-7,9-12,15-16,18H,1-2,8H2,3-5H3/t15-,16+,23?/m1/s1. The van der Waals surface area contributed by atoms with Gasteiger partial charge in [-0.3, -0.25) is 9.63 Å². The third kappa shape index (κ3) is 5.42. The number of carbonyl (C=O) groups excluding carboxylic acids is 1. The molecule has 5 nitrogen and oxygen atoms in total. The second kappa shape index (κ2) is 9.39. The van der Waals surface area contributed by atoms with Crippen molar-refractivity contribution in [2.75, 3.05) is 14.2 Å². The molecule has 0 aliphatic carbocycles. The molecule has 23 heavy (non-hydrogen) atoms. The largest absolute Gasteiger partial charge is 0.275 e. The van der Waals surface area contributed by atoms with Gasteiger partial charge in [-0.1, -0.05) is 29.8 Å². The molecular formula is C17H24N2O3S. The molecule has 1 amide bonds. The predicted molar refractivity (Wildman–Crippen MR) is 92.8 cm³/mol. The van der Waals surface area contributed by atoms with Gasteiger partial charge in [-0.15, -0.1) is 13.2 Å². The summed E-state index contributed by atoms with van der Waals surface area (Å²) in [6, 6.07) is 6.90. The van der Waals surface area contributed by atoms with Gasteiger partial charge < -0.3 is 0 Å². The van der Waals surface area contributed by atoms with Crippen molar-refractivity contribution in [1.82, 2.24) is 9.79 Å². The van der Waals surface area contributed by atoms with Gasteiger partial charge in [0.1, 0.15) is 11.0 Å². The summed E-state index contributed by atoms with van der Waals surface area (Å²) < 4.78 is 15.4. The molecule has 0 radical (unpaired) electrons. The number of benzene rings is 1. The summed E-state index contributed by atoms with van der Waals surface area (Å²) in [4.78, 5) is 18.0. The van der Waals surface area contributed by atoms with E-state index in [9.17, 15) is 9.00 Å². The van der Waals surface area contributed by atoms with Gasteiger partial charge in [0.15, 0.2) is 0 Å². The molecule has 1 unspecified atom stereocenters. The molecule has 1 rings (SSSR count). The topological polar surface area (TPSA) is 58.6 Å². The first kappa shape index (κ1) is 19.3. The molecule has 0 aliphatic heterocycles. The first-order valence-electron chi connectivity index (χ1n) is 7.24. The molecule has 0 aromatic heterocycles. The van der Waals surface area contributed by atoms with E-state index in [0.717, 1.165) is 10.6 Å². The number of carbonyl (C=O) groups is 1. The second-order valence-corrected chi connectivity index (χ2v) is 6.35. The Hall–Kier alpha value is -1.76. The summed E-state index contributed by atoms with van der Waals surface area (Å²) in [6.07, 6.45) is 3.65. The Balaban J connectivity index is 2.92. The summed E-state index contributed by atoms with van der Waals surface area (Å²) in [5.74, 6) is -0.727. The zero-order chi connectivity index (χ0) is 17.4. The third-order valence-corrected chi connectivity index (χ3v) is 4.67. The maximum atomic E-state index is 12.5. The van der Waals surface area contributed by atoms with Crippen molar-refractivity contribution in [3.8, 4) is 0 Å². The highest BCUT2D eigenvalue weighted by Crippen LogP contribution is 2.17. The lowest BCUT2D eigenvalue weighted by Gasteiger charge is -2.26. The van der Waals surface area contributed by atoms with Crippen LogP contribution in [0.15, 0.2) is 54.5 Å². The number of hydrogen-bond donors (Lipinski definition) is 1. The highest BCUT2D eigenvalue weighted by Gasteiger charge is 2.29. The predicted octanol–water partition coefficient (Wildman–Crippen LogP) is 2.37. The molecule has 1 N–H and O–H groups in total. The summed E-state index contributed by atoms with van der Waals surface area (Å²) in [5.41, 5.74) is 1.09. The van der Waals surface area contributed by atoms with Crippen LogP contribution in [-0.4, -0.2) is 35.4 Å². The lowest BCUT2D eigenvalue weighted by molar-refractivity contribution is -0.173. The first-order valence-corrected chi connectivity index (χ1v) is 8.39. The van der Waals surface area contributed by atoms with Crippen LogP contribution in [0.5, 0.6) is 0 Å². The van der Waals surface area contributed by atoms with Crippen molar-refractivity contribution in [1.29, 1.82) is 0 Å². The Morgan fingerprint density at radius 1 is 1.39 bits per heavy atom. The van der Waals surface area contributed by atoms with Crippen molar-refractivity contribution in [3.63, 3.8) is 0 Å². The molecule has 0 saturated heterocycles.